The van der Waals surface area contributed by atoms with Crippen LogP contribution in [-0.2, 0) is 4.79 Å². The van der Waals surface area contributed by atoms with Crippen molar-refractivity contribution in [3.63, 3.8) is 0 Å². The molecule has 1 heterocycles. The first-order valence-corrected chi connectivity index (χ1v) is 6.72. The Hall–Kier alpha value is -1.62. The average molecular weight is 261 g/mol. The van der Waals surface area contributed by atoms with Gasteiger partial charge in [-0.25, -0.2) is 0 Å². The molecule has 18 heavy (non-hydrogen) atoms. The Kier molecular flexibility index (Phi) is 4.15. The van der Waals surface area contributed by atoms with E-state index in [0.29, 0.717) is 5.17 Å². The zero-order valence-corrected chi connectivity index (χ0v) is 11.2. The van der Waals surface area contributed by atoms with Crippen molar-refractivity contribution in [1.82, 2.24) is 5.32 Å². The summed E-state index contributed by atoms with van der Waals surface area (Å²) in [4.78, 5) is 11.4. The predicted molar refractivity (Wildman–Crippen MR) is 76.0 cm³/mol. The third-order valence-corrected chi connectivity index (χ3v) is 3.82. The number of rotatable bonds is 3. The molecule has 1 aromatic carbocycles. The molecule has 1 atom stereocenters. The summed E-state index contributed by atoms with van der Waals surface area (Å²) in [7, 11) is 0. The average Bonchev–Trinajstić information content (AvgIpc) is 2.72. The molecule has 0 aliphatic carbocycles. The molecule has 1 N–H and O–H groups in total. The van der Waals surface area contributed by atoms with E-state index in [1.54, 1.807) is 6.21 Å². The smallest absolute Gasteiger partial charge is 0.239 e. The number of thioether (sulfide) groups is 1. The van der Waals surface area contributed by atoms with Gasteiger partial charge in [-0.3, -0.25) is 4.79 Å². The van der Waals surface area contributed by atoms with Gasteiger partial charge in [-0.1, -0.05) is 48.5 Å². The van der Waals surface area contributed by atoms with Crippen LogP contribution in [0.4, 0.5) is 0 Å². The van der Waals surface area contributed by atoms with Crippen molar-refractivity contribution in [1.29, 1.82) is 0 Å². The van der Waals surface area contributed by atoms with E-state index in [1.165, 1.54) is 17.3 Å². The van der Waals surface area contributed by atoms with E-state index in [2.05, 4.69) is 15.5 Å². The number of nitrogens with one attached hydrogen (secondary N) is 1. The van der Waals surface area contributed by atoms with E-state index in [4.69, 9.17) is 0 Å². The minimum atomic E-state index is -0.0293. The Morgan fingerprint density at radius 3 is 2.72 bits per heavy atom. The van der Waals surface area contributed by atoms with Crippen molar-refractivity contribution in [2.75, 3.05) is 0 Å². The van der Waals surface area contributed by atoms with E-state index >= 15 is 0 Å². The number of carbonyl (C=O) groups excluding carboxylic acids is 1. The fourth-order valence-electron chi connectivity index (χ4n) is 1.52. The van der Waals surface area contributed by atoms with Crippen molar-refractivity contribution in [2.24, 2.45) is 10.2 Å². The van der Waals surface area contributed by atoms with E-state index < -0.39 is 0 Å². The summed E-state index contributed by atoms with van der Waals surface area (Å²) in [6, 6.07) is 8.00. The molecule has 0 saturated carbocycles. The highest BCUT2D eigenvalue weighted by molar-refractivity contribution is 8.15. The second-order valence-electron chi connectivity index (χ2n) is 4.06. The lowest BCUT2D eigenvalue weighted by atomic mass is 10.2. The Morgan fingerprint density at radius 2 is 2.11 bits per heavy atom. The lowest BCUT2D eigenvalue weighted by Crippen LogP contribution is -2.24. The van der Waals surface area contributed by atoms with Crippen LogP contribution in [0.15, 0.2) is 34.5 Å². The number of hydrogen-bond donors (Lipinski definition) is 1. The van der Waals surface area contributed by atoms with Crippen molar-refractivity contribution in [3.05, 3.63) is 35.4 Å². The molecule has 94 valence electrons. The fraction of sp³-hybridized carbons (Fsp3) is 0.308. The van der Waals surface area contributed by atoms with E-state index in [9.17, 15) is 4.79 Å². The van der Waals surface area contributed by atoms with Crippen molar-refractivity contribution < 1.29 is 4.79 Å². The number of amidine groups is 1. The first kappa shape index (κ1) is 12.8. The third-order valence-electron chi connectivity index (χ3n) is 2.58. The largest absolute Gasteiger partial charge is 0.303 e. The normalized spacial score (nSPS) is 21.8. The first-order valence-electron chi connectivity index (χ1n) is 5.84. The molecule has 5 heteroatoms. The molecule has 4 nitrogen and oxygen atoms in total. The zero-order chi connectivity index (χ0) is 13.0. The summed E-state index contributed by atoms with van der Waals surface area (Å²) in [6.45, 7) is 4.02. The van der Waals surface area contributed by atoms with Crippen molar-refractivity contribution in [2.45, 2.75) is 25.5 Å². The summed E-state index contributed by atoms with van der Waals surface area (Å²) in [5.74, 6) is 0.0202. The van der Waals surface area contributed by atoms with Gasteiger partial charge in [0.05, 0.1) is 11.5 Å². The fourth-order valence-corrected chi connectivity index (χ4v) is 2.38. The van der Waals surface area contributed by atoms with Gasteiger partial charge in [0.15, 0.2) is 5.17 Å². The standard InChI is InChI=1S/C13H15N3OS/c1-3-11-12(17)15-13(18-11)16-14-8-10-6-4-9(2)5-7-10/h4-8,11H,3H2,1-2H3,(H,15,16,17)/b14-8-/t11-/m1/s1. The molecule has 0 spiro atoms. The van der Waals surface area contributed by atoms with E-state index in [0.717, 1.165) is 12.0 Å². The highest BCUT2D eigenvalue weighted by Crippen LogP contribution is 2.21. The number of nitrogens with zero attached hydrogens (tertiary/aromatic N) is 2. The molecule has 0 unspecified atom stereocenters. The Balaban J connectivity index is 1.99. The minimum Gasteiger partial charge on any atom is -0.303 e. The molecule has 0 aromatic heterocycles. The lowest BCUT2D eigenvalue weighted by molar-refractivity contribution is -0.118. The van der Waals surface area contributed by atoms with Gasteiger partial charge >= 0.3 is 0 Å². The maximum atomic E-state index is 11.4. The zero-order valence-electron chi connectivity index (χ0n) is 10.4. The van der Waals surface area contributed by atoms with Gasteiger partial charge in [-0.15, -0.1) is 5.10 Å². The van der Waals surface area contributed by atoms with Crippen molar-refractivity contribution in [3.8, 4) is 0 Å². The Labute approximate surface area is 111 Å². The van der Waals surface area contributed by atoms with Gasteiger partial charge in [0, 0.05) is 0 Å². The van der Waals surface area contributed by atoms with Gasteiger partial charge in [0.2, 0.25) is 5.91 Å². The molecule has 1 amide bonds. The highest BCUT2D eigenvalue weighted by Gasteiger charge is 2.28. The number of carbonyl (C=O) groups is 1. The van der Waals surface area contributed by atoms with Crippen molar-refractivity contribution >= 4 is 29.1 Å². The molecule has 1 aliphatic heterocycles. The van der Waals surface area contributed by atoms with Crippen LogP contribution in [-0.4, -0.2) is 22.5 Å². The number of aryl methyl sites for hydroxylation is 1. The molecule has 2 rings (SSSR count). The molecule has 0 radical (unpaired) electrons. The number of hydrogen-bond acceptors (Lipinski definition) is 4. The lowest BCUT2D eigenvalue weighted by Gasteiger charge is -1.95. The number of amides is 1. The maximum absolute atomic E-state index is 11.4. The van der Waals surface area contributed by atoms with Crippen LogP contribution >= 0.6 is 11.8 Å². The molecular formula is C13H15N3OS. The second kappa shape index (κ2) is 5.82. The molecule has 1 saturated heterocycles. The van der Waals surface area contributed by atoms with Crippen LogP contribution in [0.25, 0.3) is 0 Å². The van der Waals surface area contributed by atoms with E-state index in [1.807, 2.05) is 38.1 Å². The van der Waals surface area contributed by atoms with Gasteiger partial charge in [0.1, 0.15) is 0 Å². The van der Waals surface area contributed by atoms with Crippen LogP contribution in [0.2, 0.25) is 0 Å². The monoisotopic (exact) mass is 261 g/mol. The first-order chi connectivity index (χ1) is 8.69. The number of benzene rings is 1. The SMILES string of the molecule is CC[C@H]1S/C(=N/N=C\c2ccc(C)cc2)NC1=O. The Bertz CT molecular complexity index is 493. The van der Waals surface area contributed by atoms with Crippen LogP contribution < -0.4 is 5.32 Å². The minimum absolute atomic E-state index is 0.0202. The van der Waals surface area contributed by atoms with Gasteiger partial charge in [0.25, 0.3) is 0 Å². The van der Waals surface area contributed by atoms with Crippen LogP contribution in [0.1, 0.15) is 24.5 Å². The van der Waals surface area contributed by atoms with Crippen LogP contribution in [0, 0.1) is 6.92 Å². The summed E-state index contributed by atoms with van der Waals surface area (Å²) < 4.78 is 0. The summed E-state index contributed by atoms with van der Waals surface area (Å²) in [6.07, 6.45) is 2.48. The van der Waals surface area contributed by atoms with E-state index in [-0.39, 0.29) is 11.2 Å². The summed E-state index contributed by atoms with van der Waals surface area (Å²) in [5, 5.41) is 11.3. The molecule has 0 bridgehead atoms. The summed E-state index contributed by atoms with van der Waals surface area (Å²) >= 11 is 1.43. The second-order valence-corrected chi connectivity index (χ2v) is 5.26. The molecule has 1 fully saturated rings. The summed E-state index contributed by atoms with van der Waals surface area (Å²) in [5.41, 5.74) is 2.20. The van der Waals surface area contributed by atoms with Gasteiger partial charge in [-0.2, -0.15) is 5.10 Å². The molecular weight excluding hydrogens is 246 g/mol. The quantitative estimate of drug-likeness (QED) is 0.670. The third kappa shape index (κ3) is 3.20. The maximum Gasteiger partial charge on any atom is 0.239 e. The predicted octanol–water partition coefficient (Wildman–Crippen LogP) is 2.33. The Morgan fingerprint density at radius 1 is 1.39 bits per heavy atom. The topological polar surface area (TPSA) is 53.8 Å². The van der Waals surface area contributed by atoms with Crippen LogP contribution in [0.3, 0.4) is 0 Å². The highest BCUT2D eigenvalue weighted by atomic mass is 32.2. The molecule has 1 aliphatic rings. The van der Waals surface area contributed by atoms with Gasteiger partial charge < -0.3 is 5.32 Å². The molecule has 1 aromatic rings. The van der Waals surface area contributed by atoms with Crippen LogP contribution in [0.5, 0.6) is 0 Å². The van der Waals surface area contributed by atoms with Gasteiger partial charge in [-0.05, 0) is 18.9 Å².